The summed E-state index contributed by atoms with van der Waals surface area (Å²) in [6.45, 7) is 13.1. The quantitative estimate of drug-likeness (QED) is 0.526. The van der Waals surface area contributed by atoms with Crippen LogP contribution in [0.3, 0.4) is 0 Å². The number of para-hydroxylation sites is 1. The van der Waals surface area contributed by atoms with E-state index in [9.17, 15) is 9.59 Å². The van der Waals surface area contributed by atoms with Crippen molar-refractivity contribution in [3.05, 3.63) is 46.3 Å². The fourth-order valence-corrected chi connectivity index (χ4v) is 4.32. The smallest absolute Gasteiger partial charge is 0.341 e. The predicted molar refractivity (Wildman–Crippen MR) is 118 cm³/mol. The van der Waals surface area contributed by atoms with E-state index in [1.807, 2.05) is 19.1 Å². The van der Waals surface area contributed by atoms with E-state index in [1.165, 1.54) is 11.3 Å². The molecule has 0 spiro atoms. The fourth-order valence-electron chi connectivity index (χ4n) is 3.23. The van der Waals surface area contributed by atoms with Crippen LogP contribution in [0.5, 0.6) is 5.75 Å². The molecule has 1 heterocycles. The van der Waals surface area contributed by atoms with E-state index in [0.717, 1.165) is 11.3 Å². The summed E-state index contributed by atoms with van der Waals surface area (Å²) in [4.78, 5) is 26.4. The zero-order valence-electron chi connectivity index (χ0n) is 18.1. The Morgan fingerprint density at radius 1 is 1.10 bits per heavy atom. The molecule has 2 rings (SSSR count). The molecule has 158 valence electrons. The van der Waals surface area contributed by atoms with Crippen LogP contribution in [0, 0.1) is 5.41 Å². The van der Waals surface area contributed by atoms with Crippen molar-refractivity contribution in [2.75, 3.05) is 18.5 Å². The maximum Gasteiger partial charge on any atom is 0.341 e. The predicted octanol–water partition coefficient (Wildman–Crippen LogP) is 6.12. The molecule has 0 fully saturated rings. The van der Waals surface area contributed by atoms with Gasteiger partial charge in [-0.3, -0.25) is 4.79 Å². The van der Waals surface area contributed by atoms with Gasteiger partial charge in [0.05, 0.1) is 24.3 Å². The molecule has 6 heteroatoms. The van der Waals surface area contributed by atoms with Crippen molar-refractivity contribution in [1.29, 1.82) is 0 Å². The molecule has 0 saturated carbocycles. The Labute approximate surface area is 177 Å². The van der Waals surface area contributed by atoms with Crippen molar-refractivity contribution >= 4 is 28.2 Å². The number of hydrogen-bond acceptors (Lipinski definition) is 5. The van der Waals surface area contributed by atoms with E-state index in [-0.39, 0.29) is 23.8 Å². The maximum absolute atomic E-state index is 12.9. The lowest BCUT2D eigenvalue weighted by atomic mass is 9.85. The highest BCUT2D eigenvalue weighted by atomic mass is 32.1. The largest absolute Gasteiger partial charge is 0.493 e. The minimum atomic E-state index is -0.425. The van der Waals surface area contributed by atoms with E-state index in [2.05, 4.69) is 33.0 Å². The van der Waals surface area contributed by atoms with Gasteiger partial charge in [0, 0.05) is 4.88 Å². The van der Waals surface area contributed by atoms with Crippen LogP contribution in [0.4, 0.5) is 5.00 Å². The number of benzene rings is 1. The Kier molecular flexibility index (Phi) is 7.85. The molecule has 29 heavy (non-hydrogen) atoms. The first-order valence-electron chi connectivity index (χ1n) is 10.00. The van der Waals surface area contributed by atoms with Gasteiger partial charge in [-0.05, 0) is 49.8 Å². The van der Waals surface area contributed by atoms with Crippen LogP contribution in [-0.4, -0.2) is 25.1 Å². The Hall–Kier alpha value is -2.34. The summed E-state index contributed by atoms with van der Waals surface area (Å²) in [5.74, 6) is 0.0421. The van der Waals surface area contributed by atoms with E-state index < -0.39 is 5.97 Å². The standard InChI is InChI=1S/C23H31NO4S/c1-7-27-18-12-10-9-11-16(18)20(25)24-21-17(22(26)28-8-2)13-19(29-21)15(3)14-23(4,5)6/h9-13,15H,7-8,14H2,1-6H3,(H,24,25)/t15-/m1/s1. The second-order valence-corrected chi connectivity index (χ2v) is 9.24. The number of carbonyl (C=O) groups excluding carboxylic acids is 2. The molecule has 0 aliphatic carbocycles. The molecule has 5 nitrogen and oxygen atoms in total. The van der Waals surface area contributed by atoms with Gasteiger partial charge in [0.15, 0.2) is 0 Å². The third-order valence-electron chi connectivity index (χ3n) is 4.31. The number of thiophene rings is 1. The molecule has 1 aromatic heterocycles. The van der Waals surface area contributed by atoms with Crippen LogP contribution in [0.1, 0.15) is 79.5 Å². The lowest BCUT2D eigenvalue weighted by Crippen LogP contribution is -2.15. The van der Waals surface area contributed by atoms with Gasteiger partial charge in [0.1, 0.15) is 10.8 Å². The van der Waals surface area contributed by atoms with Crippen LogP contribution in [-0.2, 0) is 4.74 Å². The number of hydrogen-bond donors (Lipinski definition) is 1. The van der Waals surface area contributed by atoms with E-state index >= 15 is 0 Å². The van der Waals surface area contributed by atoms with Crippen LogP contribution < -0.4 is 10.1 Å². The Morgan fingerprint density at radius 3 is 2.41 bits per heavy atom. The molecule has 1 amide bonds. The summed E-state index contributed by atoms with van der Waals surface area (Å²) in [5, 5.41) is 3.41. The first-order chi connectivity index (χ1) is 13.7. The van der Waals surface area contributed by atoms with E-state index in [4.69, 9.17) is 9.47 Å². The van der Waals surface area contributed by atoms with Gasteiger partial charge in [-0.1, -0.05) is 39.8 Å². The molecule has 1 N–H and O–H groups in total. The van der Waals surface area contributed by atoms with Crippen LogP contribution in [0.2, 0.25) is 0 Å². The highest BCUT2D eigenvalue weighted by molar-refractivity contribution is 7.16. The average molecular weight is 418 g/mol. The minimum Gasteiger partial charge on any atom is -0.493 e. The summed E-state index contributed by atoms with van der Waals surface area (Å²) >= 11 is 1.43. The third kappa shape index (κ3) is 6.32. The second-order valence-electron chi connectivity index (χ2n) is 8.16. The topological polar surface area (TPSA) is 64.6 Å². The van der Waals surface area contributed by atoms with Crippen molar-refractivity contribution in [2.45, 2.75) is 53.9 Å². The van der Waals surface area contributed by atoms with Gasteiger partial charge in [-0.25, -0.2) is 4.79 Å². The number of ether oxygens (including phenoxy) is 2. The molecule has 0 radical (unpaired) electrons. The lowest BCUT2D eigenvalue weighted by molar-refractivity contribution is 0.0528. The van der Waals surface area contributed by atoms with Crippen molar-refractivity contribution in [3.63, 3.8) is 0 Å². The Balaban J connectivity index is 2.35. The van der Waals surface area contributed by atoms with Gasteiger partial charge in [0.2, 0.25) is 0 Å². The number of nitrogens with one attached hydrogen (secondary N) is 1. The molecular weight excluding hydrogens is 386 g/mol. The molecular formula is C23H31NO4S. The molecule has 0 unspecified atom stereocenters. The van der Waals surface area contributed by atoms with Crippen LogP contribution >= 0.6 is 11.3 Å². The van der Waals surface area contributed by atoms with E-state index in [1.54, 1.807) is 25.1 Å². The first kappa shape index (κ1) is 22.9. The van der Waals surface area contributed by atoms with Gasteiger partial charge in [-0.2, -0.15) is 0 Å². The molecule has 1 atom stereocenters. The average Bonchev–Trinajstić information content (AvgIpc) is 3.05. The van der Waals surface area contributed by atoms with Crippen LogP contribution in [0.15, 0.2) is 30.3 Å². The number of anilines is 1. The summed E-state index contributed by atoms with van der Waals surface area (Å²) < 4.78 is 10.8. The Morgan fingerprint density at radius 2 is 1.79 bits per heavy atom. The monoisotopic (exact) mass is 417 g/mol. The molecule has 0 aliphatic rings. The molecule has 0 saturated heterocycles. The van der Waals surface area contributed by atoms with E-state index in [0.29, 0.717) is 28.5 Å². The zero-order chi connectivity index (χ0) is 21.6. The van der Waals surface area contributed by atoms with Crippen molar-refractivity contribution in [2.24, 2.45) is 5.41 Å². The SMILES string of the molecule is CCOC(=O)c1cc([C@H](C)CC(C)(C)C)sc1NC(=O)c1ccccc1OCC. The van der Waals surface area contributed by atoms with Gasteiger partial charge < -0.3 is 14.8 Å². The summed E-state index contributed by atoms with van der Waals surface area (Å²) in [6.07, 6.45) is 0.969. The minimum absolute atomic E-state index is 0.160. The number of rotatable bonds is 8. The zero-order valence-corrected chi connectivity index (χ0v) is 18.9. The number of esters is 1. The Bertz CT molecular complexity index is 851. The van der Waals surface area contributed by atoms with Crippen molar-refractivity contribution < 1.29 is 19.1 Å². The molecule has 1 aromatic carbocycles. The van der Waals surface area contributed by atoms with Gasteiger partial charge >= 0.3 is 5.97 Å². The summed E-state index contributed by atoms with van der Waals surface area (Å²) in [5.41, 5.74) is 0.990. The normalized spacial score (nSPS) is 12.3. The lowest BCUT2D eigenvalue weighted by Gasteiger charge is -2.22. The highest BCUT2D eigenvalue weighted by Crippen LogP contribution is 2.39. The third-order valence-corrected chi connectivity index (χ3v) is 5.59. The second kappa shape index (κ2) is 9.92. The van der Waals surface area contributed by atoms with Crippen molar-refractivity contribution in [1.82, 2.24) is 0 Å². The summed E-state index contributed by atoms with van der Waals surface area (Å²) in [6, 6.07) is 8.93. The molecule has 2 aromatic rings. The van der Waals surface area contributed by atoms with Gasteiger partial charge in [-0.15, -0.1) is 11.3 Å². The first-order valence-corrected chi connectivity index (χ1v) is 10.8. The number of carbonyl (C=O) groups is 2. The maximum atomic E-state index is 12.9. The highest BCUT2D eigenvalue weighted by Gasteiger charge is 2.24. The molecule has 0 bridgehead atoms. The fraction of sp³-hybridized carbons (Fsp3) is 0.478. The molecule has 0 aliphatic heterocycles. The van der Waals surface area contributed by atoms with Crippen LogP contribution in [0.25, 0.3) is 0 Å². The van der Waals surface area contributed by atoms with Gasteiger partial charge in [0.25, 0.3) is 5.91 Å². The van der Waals surface area contributed by atoms with Crippen molar-refractivity contribution in [3.8, 4) is 5.75 Å². The summed E-state index contributed by atoms with van der Waals surface area (Å²) in [7, 11) is 0. The number of amides is 1.